The first kappa shape index (κ1) is 21.3. The van der Waals surface area contributed by atoms with Gasteiger partial charge in [0.15, 0.2) is 5.96 Å². The number of hydrogen-bond donors (Lipinski definition) is 3. The lowest BCUT2D eigenvalue weighted by Crippen LogP contribution is -2.40. The Morgan fingerprint density at radius 1 is 1.35 bits per heavy atom. The summed E-state index contributed by atoms with van der Waals surface area (Å²) in [6.07, 6.45) is 1.64. The number of rotatable bonds is 8. The molecule has 0 bridgehead atoms. The maximum absolute atomic E-state index is 9.35. The fourth-order valence-corrected chi connectivity index (χ4v) is 3.98. The lowest BCUT2D eigenvalue weighted by Gasteiger charge is -2.25. The van der Waals surface area contributed by atoms with Gasteiger partial charge in [-0.1, -0.05) is 36.2 Å². The van der Waals surface area contributed by atoms with Gasteiger partial charge in [0.2, 0.25) is 0 Å². The molecule has 2 unspecified atom stereocenters. The predicted octanol–water partition coefficient (Wildman–Crippen LogP) is 3.44. The second kappa shape index (κ2) is 10.4. The van der Waals surface area contributed by atoms with E-state index in [0.29, 0.717) is 36.2 Å². The van der Waals surface area contributed by atoms with Gasteiger partial charge >= 0.3 is 0 Å². The van der Waals surface area contributed by atoms with E-state index in [9.17, 15) is 5.11 Å². The third kappa shape index (κ3) is 5.74. The van der Waals surface area contributed by atoms with Gasteiger partial charge in [-0.05, 0) is 37.5 Å². The lowest BCUT2D eigenvalue weighted by molar-refractivity contribution is 0.131. The van der Waals surface area contributed by atoms with Crippen LogP contribution in [-0.2, 0) is 4.74 Å². The van der Waals surface area contributed by atoms with E-state index in [1.165, 1.54) is 0 Å². The van der Waals surface area contributed by atoms with Crippen molar-refractivity contribution >= 4 is 29.2 Å². The molecular weight excluding hydrogens is 373 g/mol. The molecule has 1 aromatic rings. The highest BCUT2D eigenvalue weighted by Gasteiger charge is 2.34. The number of hydrogen-bond acceptors (Lipinski definition) is 3. The fraction of sp³-hybridized carbons (Fsp3) is 0.632. The quantitative estimate of drug-likeness (QED) is 0.461. The average Bonchev–Trinajstić information content (AvgIpc) is 3.06. The zero-order chi connectivity index (χ0) is 19.0. The molecule has 146 valence electrons. The summed E-state index contributed by atoms with van der Waals surface area (Å²) in [6.45, 7) is 7.74. The van der Waals surface area contributed by atoms with Gasteiger partial charge in [0, 0.05) is 47.7 Å². The molecule has 0 spiro atoms. The molecule has 1 heterocycles. The van der Waals surface area contributed by atoms with Gasteiger partial charge in [-0.3, -0.25) is 4.99 Å². The minimum absolute atomic E-state index is 0.0608. The largest absolute Gasteiger partial charge is 0.396 e. The second-order valence-corrected chi connectivity index (χ2v) is 7.70. The van der Waals surface area contributed by atoms with Gasteiger partial charge in [-0.15, -0.1) is 0 Å². The number of ether oxygens (including phenoxy) is 1. The van der Waals surface area contributed by atoms with Crippen LogP contribution < -0.4 is 10.6 Å². The van der Waals surface area contributed by atoms with Gasteiger partial charge in [0.05, 0.1) is 13.2 Å². The number of guanidine groups is 1. The molecule has 5 nitrogen and oxygen atoms in total. The van der Waals surface area contributed by atoms with Crippen molar-refractivity contribution in [1.29, 1.82) is 0 Å². The van der Waals surface area contributed by atoms with Crippen LogP contribution in [0.15, 0.2) is 23.2 Å². The zero-order valence-corrected chi connectivity index (χ0v) is 17.0. The molecule has 1 aliphatic rings. The summed E-state index contributed by atoms with van der Waals surface area (Å²) in [6, 6.07) is 5.57. The summed E-state index contributed by atoms with van der Waals surface area (Å²) in [5.74, 6) is 0.896. The Balaban J connectivity index is 2.01. The third-order valence-electron chi connectivity index (χ3n) is 4.81. The molecule has 1 aromatic carbocycles. The molecule has 1 aliphatic heterocycles. The Morgan fingerprint density at radius 2 is 2.08 bits per heavy atom. The van der Waals surface area contributed by atoms with Crippen LogP contribution in [0.5, 0.6) is 0 Å². The predicted molar refractivity (Wildman–Crippen MR) is 108 cm³/mol. The van der Waals surface area contributed by atoms with Crippen LogP contribution in [0, 0.1) is 5.41 Å². The Bertz CT molecular complexity index is 584. The van der Waals surface area contributed by atoms with Crippen molar-refractivity contribution in [2.75, 3.05) is 39.5 Å². The highest BCUT2D eigenvalue weighted by atomic mass is 35.5. The van der Waals surface area contributed by atoms with Gasteiger partial charge in [-0.25, -0.2) is 0 Å². The third-order valence-corrected chi connectivity index (χ3v) is 5.47. The van der Waals surface area contributed by atoms with E-state index in [4.69, 9.17) is 32.9 Å². The van der Waals surface area contributed by atoms with Gasteiger partial charge in [0.1, 0.15) is 0 Å². The van der Waals surface area contributed by atoms with Crippen molar-refractivity contribution < 1.29 is 9.84 Å². The van der Waals surface area contributed by atoms with Crippen molar-refractivity contribution in [3.63, 3.8) is 0 Å². The van der Waals surface area contributed by atoms with E-state index in [0.717, 1.165) is 31.1 Å². The van der Waals surface area contributed by atoms with Gasteiger partial charge < -0.3 is 20.5 Å². The van der Waals surface area contributed by atoms with Crippen LogP contribution in [0.1, 0.15) is 38.2 Å². The summed E-state index contributed by atoms with van der Waals surface area (Å²) in [7, 11) is 0. The molecular formula is C19H29Cl2N3O2. The van der Waals surface area contributed by atoms with Crippen molar-refractivity contribution in [3.05, 3.63) is 33.8 Å². The molecule has 0 amide bonds. The summed E-state index contributed by atoms with van der Waals surface area (Å²) in [5, 5.41) is 17.4. The first-order valence-electron chi connectivity index (χ1n) is 9.16. The fourth-order valence-electron chi connectivity index (χ4n) is 3.21. The first-order chi connectivity index (χ1) is 12.5. The van der Waals surface area contributed by atoms with E-state index in [1.54, 1.807) is 0 Å². The summed E-state index contributed by atoms with van der Waals surface area (Å²) in [4.78, 5) is 4.73. The Labute approximate surface area is 166 Å². The Hall–Kier alpha value is -1.01. The standard InChI is InChI=1S/C19H29Cl2N3O2/c1-3-22-18(24-12-19(7-9-25)8-10-26-13-19)23-11-14(2)17-15(20)5-4-6-16(17)21/h4-6,14,25H,3,7-13H2,1-2H3,(H2,22,23,24). The highest BCUT2D eigenvalue weighted by Crippen LogP contribution is 2.33. The zero-order valence-electron chi connectivity index (χ0n) is 15.5. The SMILES string of the molecule is CCNC(=NCC1(CCO)CCOC1)NCC(C)c1c(Cl)cccc1Cl. The molecule has 7 heteroatoms. The van der Waals surface area contributed by atoms with Crippen LogP contribution >= 0.6 is 23.2 Å². The van der Waals surface area contributed by atoms with Gasteiger partial charge in [-0.2, -0.15) is 0 Å². The Kier molecular flexibility index (Phi) is 8.48. The molecule has 1 fully saturated rings. The van der Waals surface area contributed by atoms with E-state index in [-0.39, 0.29) is 17.9 Å². The second-order valence-electron chi connectivity index (χ2n) is 6.89. The molecule has 2 atom stereocenters. The minimum Gasteiger partial charge on any atom is -0.396 e. The average molecular weight is 402 g/mol. The highest BCUT2D eigenvalue weighted by molar-refractivity contribution is 6.36. The lowest BCUT2D eigenvalue weighted by atomic mass is 9.84. The van der Waals surface area contributed by atoms with Crippen molar-refractivity contribution in [3.8, 4) is 0 Å². The first-order valence-corrected chi connectivity index (χ1v) is 9.91. The number of nitrogens with zero attached hydrogens (tertiary/aromatic N) is 1. The normalized spacial score (nSPS) is 21.7. The molecule has 0 aliphatic carbocycles. The molecule has 2 rings (SSSR count). The van der Waals surface area contributed by atoms with Crippen LogP contribution in [0.2, 0.25) is 10.0 Å². The molecule has 0 saturated carbocycles. The Morgan fingerprint density at radius 3 is 2.65 bits per heavy atom. The van der Waals surface area contributed by atoms with Crippen LogP contribution in [0.4, 0.5) is 0 Å². The summed E-state index contributed by atoms with van der Waals surface area (Å²) in [5.41, 5.74) is 0.884. The summed E-state index contributed by atoms with van der Waals surface area (Å²) >= 11 is 12.6. The van der Waals surface area contributed by atoms with E-state index in [2.05, 4.69) is 17.6 Å². The number of nitrogens with one attached hydrogen (secondary N) is 2. The maximum atomic E-state index is 9.35. The number of aliphatic imine (C=N–C) groups is 1. The number of halogens is 2. The molecule has 1 saturated heterocycles. The van der Waals surface area contributed by atoms with E-state index >= 15 is 0 Å². The minimum atomic E-state index is -0.0608. The van der Waals surface area contributed by atoms with E-state index < -0.39 is 0 Å². The number of aliphatic hydroxyl groups is 1. The maximum Gasteiger partial charge on any atom is 0.191 e. The van der Waals surface area contributed by atoms with Crippen molar-refractivity contribution in [1.82, 2.24) is 10.6 Å². The molecule has 0 radical (unpaired) electrons. The van der Waals surface area contributed by atoms with Crippen LogP contribution in [-0.4, -0.2) is 50.5 Å². The number of benzene rings is 1. The van der Waals surface area contributed by atoms with E-state index in [1.807, 2.05) is 25.1 Å². The van der Waals surface area contributed by atoms with Crippen LogP contribution in [0.3, 0.4) is 0 Å². The molecule has 26 heavy (non-hydrogen) atoms. The smallest absolute Gasteiger partial charge is 0.191 e. The van der Waals surface area contributed by atoms with Crippen molar-refractivity contribution in [2.45, 2.75) is 32.6 Å². The van der Waals surface area contributed by atoms with Gasteiger partial charge in [0.25, 0.3) is 0 Å². The van der Waals surface area contributed by atoms with Crippen molar-refractivity contribution in [2.24, 2.45) is 10.4 Å². The topological polar surface area (TPSA) is 65.9 Å². The number of aliphatic hydroxyl groups excluding tert-OH is 1. The summed E-state index contributed by atoms with van der Waals surface area (Å²) < 4.78 is 5.54. The van der Waals surface area contributed by atoms with Crippen LogP contribution in [0.25, 0.3) is 0 Å². The monoisotopic (exact) mass is 401 g/mol. The molecule has 3 N–H and O–H groups in total. The molecule has 0 aromatic heterocycles.